The van der Waals surface area contributed by atoms with E-state index in [0.29, 0.717) is 0 Å². The minimum Gasteiger partial charge on any atom is -0.352 e. The number of benzene rings is 1. The Balaban J connectivity index is 1.81. The highest BCUT2D eigenvalue weighted by Gasteiger charge is 2.28. The number of hydrogen-bond acceptors (Lipinski definition) is 3. The molecule has 1 N–H and O–H groups in total. The van der Waals surface area contributed by atoms with E-state index in [-0.39, 0.29) is 0 Å². The van der Waals surface area contributed by atoms with Crippen molar-refractivity contribution >= 4 is 22.4 Å². The molecule has 2 fully saturated rings. The molecule has 5 rings (SSSR count). The van der Waals surface area contributed by atoms with Crippen molar-refractivity contribution in [2.75, 3.05) is 31.1 Å². The molecule has 1 aliphatic carbocycles. The van der Waals surface area contributed by atoms with Crippen molar-refractivity contribution in [2.24, 2.45) is 0 Å². The Morgan fingerprint density at radius 2 is 1.80 bits per heavy atom. The van der Waals surface area contributed by atoms with Gasteiger partial charge in [0.25, 0.3) is 0 Å². The maximum absolute atomic E-state index is 5.09. The van der Waals surface area contributed by atoms with Gasteiger partial charge in [0, 0.05) is 38.3 Å². The summed E-state index contributed by atoms with van der Waals surface area (Å²) in [6.45, 7) is 6.20. The first-order chi connectivity index (χ1) is 12.3. The van der Waals surface area contributed by atoms with Crippen molar-refractivity contribution < 1.29 is 0 Å². The third-order valence-corrected chi connectivity index (χ3v) is 5.14. The number of fused-ring (bicyclic) bond motifs is 3. The molecular weight excluding hydrogens is 308 g/mol. The lowest BCUT2D eigenvalue weighted by Gasteiger charge is -2.30. The molecule has 1 saturated carbocycles. The number of rotatable bonds is 2. The monoisotopic (exact) mass is 329 g/mol. The first-order valence-electron chi connectivity index (χ1n) is 8.91. The second kappa shape index (κ2) is 6.03. The molecule has 0 bridgehead atoms. The average molecular weight is 329 g/mol. The maximum atomic E-state index is 5.09. The molecule has 125 valence electrons. The first-order valence-corrected chi connectivity index (χ1v) is 8.91. The smallest absolute Gasteiger partial charge is 0.154 e. The normalized spacial score (nSPS) is 19.3. The van der Waals surface area contributed by atoms with Crippen molar-refractivity contribution in [3.05, 3.63) is 73.2 Å². The van der Waals surface area contributed by atoms with E-state index >= 15 is 0 Å². The fourth-order valence-corrected chi connectivity index (χ4v) is 3.97. The number of hydrogen-bond donors (Lipinski definition) is 1. The summed E-state index contributed by atoms with van der Waals surface area (Å²) in [6.07, 6.45) is 10.9. The molecule has 2 aromatic heterocycles. The summed E-state index contributed by atoms with van der Waals surface area (Å²) in [5.74, 6) is 2.37. The summed E-state index contributed by atoms with van der Waals surface area (Å²) in [4.78, 5) is 7.51. The van der Waals surface area contributed by atoms with E-state index in [1.807, 2.05) is 0 Å². The van der Waals surface area contributed by atoms with Gasteiger partial charge in [0.2, 0.25) is 0 Å². The van der Waals surface area contributed by atoms with Gasteiger partial charge in [-0.3, -0.25) is 0 Å². The predicted molar refractivity (Wildman–Crippen MR) is 102 cm³/mol. The molecule has 3 aromatic rings. The van der Waals surface area contributed by atoms with E-state index in [1.54, 1.807) is 0 Å². The second-order valence-electron chi connectivity index (χ2n) is 6.74. The van der Waals surface area contributed by atoms with Crippen LogP contribution in [-0.2, 0) is 0 Å². The molecule has 0 spiro atoms. The van der Waals surface area contributed by atoms with Gasteiger partial charge in [-0.2, -0.15) is 0 Å². The van der Waals surface area contributed by atoms with Crippen molar-refractivity contribution in [2.45, 2.75) is 6.92 Å². The highest BCUT2D eigenvalue weighted by atomic mass is 15.2. The largest absolute Gasteiger partial charge is 0.352 e. The number of aromatic nitrogens is 2. The van der Waals surface area contributed by atoms with E-state index in [9.17, 15) is 0 Å². The quantitative estimate of drug-likeness (QED) is 0.784. The van der Waals surface area contributed by atoms with Crippen LogP contribution >= 0.6 is 0 Å². The standard InChI is InChI=1S/C21H21N4/c1-15-14-25-18-9-5-4-8-17(18)23-21(24-12-10-22-11-13-24)20(25)19(15)16-6-2-3-7-16/h2-9,14,22H,10-13H2,1H3. The number of para-hydroxylation sites is 2. The highest BCUT2D eigenvalue weighted by Crippen LogP contribution is 2.39. The Labute approximate surface area is 148 Å². The molecule has 0 atom stereocenters. The van der Waals surface area contributed by atoms with Gasteiger partial charge in [-0.1, -0.05) is 12.1 Å². The topological polar surface area (TPSA) is 32.6 Å². The van der Waals surface area contributed by atoms with Crippen molar-refractivity contribution in [3.63, 3.8) is 0 Å². The minimum atomic E-state index is 0.992. The lowest BCUT2D eigenvalue weighted by atomic mass is 9.95. The number of aryl methyl sites for hydroxylation is 1. The maximum Gasteiger partial charge on any atom is 0.154 e. The van der Waals surface area contributed by atoms with Crippen LogP contribution in [0.25, 0.3) is 16.6 Å². The van der Waals surface area contributed by atoms with E-state index in [4.69, 9.17) is 4.98 Å². The van der Waals surface area contributed by atoms with Crippen LogP contribution in [0.3, 0.4) is 0 Å². The summed E-state index contributed by atoms with van der Waals surface area (Å²) in [5, 5.41) is 3.44. The molecule has 4 heteroatoms. The van der Waals surface area contributed by atoms with Crippen LogP contribution in [0.1, 0.15) is 11.1 Å². The Bertz CT molecular complexity index is 914. The number of anilines is 1. The van der Waals surface area contributed by atoms with Crippen molar-refractivity contribution in [1.29, 1.82) is 0 Å². The van der Waals surface area contributed by atoms with Gasteiger partial charge in [-0.25, -0.2) is 4.98 Å². The van der Waals surface area contributed by atoms with Crippen LogP contribution in [0.4, 0.5) is 5.82 Å². The Hall–Kier alpha value is -2.07. The lowest BCUT2D eigenvalue weighted by Crippen LogP contribution is -2.44. The van der Waals surface area contributed by atoms with Crippen molar-refractivity contribution in [1.82, 2.24) is 14.7 Å². The Kier molecular flexibility index (Phi) is 3.66. The van der Waals surface area contributed by atoms with Gasteiger partial charge in [-0.05, 0) is 55.9 Å². The van der Waals surface area contributed by atoms with Crippen LogP contribution in [-0.4, -0.2) is 35.6 Å². The highest BCUT2D eigenvalue weighted by molar-refractivity contribution is 5.89. The summed E-state index contributed by atoms with van der Waals surface area (Å²) in [7, 11) is 0. The molecule has 2 aliphatic rings. The Morgan fingerprint density at radius 3 is 2.60 bits per heavy atom. The Morgan fingerprint density at radius 1 is 1.04 bits per heavy atom. The average Bonchev–Trinajstić information content (AvgIpc) is 3.29. The van der Waals surface area contributed by atoms with Crippen LogP contribution < -0.4 is 10.2 Å². The number of piperazine rings is 1. The van der Waals surface area contributed by atoms with Gasteiger partial charge in [0.05, 0.1) is 16.6 Å². The van der Waals surface area contributed by atoms with Gasteiger partial charge >= 0.3 is 0 Å². The van der Waals surface area contributed by atoms with Gasteiger partial charge < -0.3 is 14.6 Å². The van der Waals surface area contributed by atoms with Crippen LogP contribution in [0.15, 0.2) is 30.5 Å². The van der Waals surface area contributed by atoms with Gasteiger partial charge in [0.1, 0.15) is 0 Å². The third-order valence-electron chi connectivity index (χ3n) is 5.14. The number of nitrogens with one attached hydrogen (secondary N) is 1. The fourth-order valence-electron chi connectivity index (χ4n) is 3.97. The molecular formula is C21H21N4. The fraction of sp³-hybridized carbons (Fsp3) is 0.238. The molecule has 1 aromatic carbocycles. The first kappa shape index (κ1) is 15.2. The van der Waals surface area contributed by atoms with E-state index in [2.05, 4.69) is 77.7 Å². The zero-order valence-electron chi connectivity index (χ0n) is 14.4. The zero-order valence-corrected chi connectivity index (χ0v) is 14.4. The summed E-state index contributed by atoms with van der Waals surface area (Å²) >= 11 is 0. The van der Waals surface area contributed by atoms with E-state index < -0.39 is 0 Å². The van der Waals surface area contributed by atoms with Crippen molar-refractivity contribution in [3.8, 4) is 0 Å². The molecule has 0 unspecified atom stereocenters. The minimum absolute atomic E-state index is 0.992. The van der Waals surface area contributed by atoms with Crippen LogP contribution in [0.2, 0.25) is 0 Å². The second-order valence-corrected chi connectivity index (χ2v) is 6.74. The number of nitrogens with zero attached hydrogens (tertiary/aromatic N) is 3. The van der Waals surface area contributed by atoms with E-state index in [0.717, 1.165) is 43.0 Å². The molecule has 25 heavy (non-hydrogen) atoms. The zero-order chi connectivity index (χ0) is 16.8. The van der Waals surface area contributed by atoms with E-state index in [1.165, 1.54) is 22.6 Å². The summed E-state index contributed by atoms with van der Waals surface area (Å²) in [6, 6.07) is 8.42. The third kappa shape index (κ3) is 2.43. The molecule has 1 aliphatic heterocycles. The molecule has 1 saturated heterocycles. The SMILES string of the molecule is Cc1cn2c(c(N3CCNCC3)nc3ccccc32)c1[C]1[CH][CH][CH][CH]1. The molecule has 3 heterocycles. The predicted octanol–water partition coefficient (Wildman–Crippen LogP) is 2.96. The molecule has 5 radical (unpaired) electrons. The van der Waals surface area contributed by atoms with Gasteiger partial charge in [0.15, 0.2) is 5.82 Å². The summed E-state index contributed by atoms with van der Waals surface area (Å²) < 4.78 is 2.33. The lowest BCUT2D eigenvalue weighted by molar-refractivity contribution is 0.586. The van der Waals surface area contributed by atoms with Crippen LogP contribution in [0, 0.1) is 38.5 Å². The van der Waals surface area contributed by atoms with Crippen LogP contribution in [0.5, 0.6) is 0 Å². The molecule has 4 nitrogen and oxygen atoms in total. The van der Waals surface area contributed by atoms with Gasteiger partial charge in [-0.15, -0.1) is 0 Å². The molecule has 0 amide bonds. The summed E-state index contributed by atoms with van der Waals surface area (Å²) in [5.41, 5.74) is 6.03.